The average Bonchev–Trinajstić information content (AvgIpc) is 3.01. The van der Waals surface area contributed by atoms with Crippen LogP contribution >= 0.6 is 11.3 Å². The van der Waals surface area contributed by atoms with Gasteiger partial charge in [0.1, 0.15) is 0 Å². The summed E-state index contributed by atoms with van der Waals surface area (Å²) in [6, 6.07) is 3.92. The van der Waals surface area contributed by atoms with Gasteiger partial charge in [0.05, 0.1) is 27.0 Å². The van der Waals surface area contributed by atoms with E-state index in [9.17, 15) is 0 Å². The summed E-state index contributed by atoms with van der Waals surface area (Å²) in [6.07, 6.45) is 4.81. The number of fused-ring (bicyclic) bond motifs is 1. The molecule has 1 N–H and O–H groups in total. The Morgan fingerprint density at radius 1 is 1.04 bits per heavy atom. The van der Waals surface area contributed by atoms with Crippen LogP contribution in [-0.4, -0.2) is 26.3 Å². The highest BCUT2D eigenvalue weighted by Gasteiger charge is 2.16. The summed E-state index contributed by atoms with van der Waals surface area (Å²) in [5.41, 5.74) is 2.33. The lowest BCUT2D eigenvalue weighted by atomic mass is 10.0. The number of nitrogens with one attached hydrogen (secondary N) is 1. The average molecular weight is 334 g/mol. The fraction of sp³-hybridized carbons (Fsp3) is 0.471. The third-order valence-corrected chi connectivity index (χ3v) is 5.13. The van der Waals surface area contributed by atoms with Crippen molar-refractivity contribution >= 4 is 16.5 Å². The number of nitrogens with zero attached hydrogens (tertiary/aromatic N) is 1. The van der Waals surface area contributed by atoms with Crippen molar-refractivity contribution in [2.75, 3.05) is 26.6 Å². The van der Waals surface area contributed by atoms with Gasteiger partial charge in [-0.25, -0.2) is 4.98 Å². The Labute approximate surface area is 140 Å². The number of benzene rings is 1. The lowest BCUT2D eigenvalue weighted by Crippen LogP contribution is -2.02. The molecule has 0 saturated heterocycles. The van der Waals surface area contributed by atoms with E-state index in [0.29, 0.717) is 23.8 Å². The van der Waals surface area contributed by atoms with E-state index < -0.39 is 0 Å². The molecule has 1 heterocycles. The zero-order valence-electron chi connectivity index (χ0n) is 13.8. The second-order valence-corrected chi connectivity index (χ2v) is 6.57. The third-order valence-electron chi connectivity index (χ3n) is 4.01. The largest absolute Gasteiger partial charge is 0.493 e. The van der Waals surface area contributed by atoms with E-state index in [2.05, 4.69) is 5.32 Å². The Hall–Kier alpha value is -1.95. The van der Waals surface area contributed by atoms with Gasteiger partial charge in [0.25, 0.3) is 0 Å². The molecule has 0 radical (unpaired) electrons. The highest BCUT2D eigenvalue weighted by atomic mass is 32.1. The summed E-state index contributed by atoms with van der Waals surface area (Å²) >= 11 is 1.77. The third kappa shape index (κ3) is 3.37. The van der Waals surface area contributed by atoms with Crippen molar-refractivity contribution in [1.29, 1.82) is 0 Å². The zero-order valence-corrected chi connectivity index (χ0v) is 14.6. The molecule has 0 bridgehead atoms. The van der Waals surface area contributed by atoms with E-state index in [4.69, 9.17) is 19.2 Å². The van der Waals surface area contributed by atoms with E-state index in [1.165, 1.54) is 29.8 Å². The van der Waals surface area contributed by atoms with E-state index >= 15 is 0 Å². The van der Waals surface area contributed by atoms with Crippen molar-refractivity contribution in [1.82, 2.24) is 4.98 Å². The van der Waals surface area contributed by atoms with Gasteiger partial charge in [-0.15, -0.1) is 11.3 Å². The van der Waals surface area contributed by atoms with Crippen molar-refractivity contribution in [3.63, 3.8) is 0 Å². The molecule has 0 spiro atoms. The number of anilines is 1. The van der Waals surface area contributed by atoms with Crippen LogP contribution in [0, 0.1) is 0 Å². The molecule has 2 aromatic rings. The lowest BCUT2D eigenvalue weighted by Gasteiger charge is -2.14. The molecule has 1 aromatic carbocycles. The van der Waals surface area contributed by atoms with E-state index in [-0.39, 0.29) is 0 Å². The topological polar surface area (TPSA) is 52.6 Å². The van der Waals surface area contributed by atoms with Gasteiger partial charge in [-0.1, -0.05) is 0 Å². The minimum atomic E-state index is 0.614. The SMILES string of the molecule is COc1cc(CNc2nc3c(s2)CCCC3)cc(OC)c1OC. The Bertz CT molecular complexity index is 636. The van der Waals surface area contributed by atoms with Crippen LogP contribution in [0.5, 0.6) is 17.2 Å². The molecule has 0 aliphatic heterocycles. The number of thiazole rings is 1. The molecule has 1 aliphatic rings. The molecule has 1 aliphatic carbocycles. The summed E-state index contributed by atoms with van der Waals surface area (Å²) < 4.78 is 16.1. The van der Waals surface area contributed by atoms with Gasteiger partial charge in [0.2, 0.25) is 5.75 Å². The molecule has 23 heavy (non-hydrogen) atoms. The minimum Gasteiger partial charge on any atom is -0.493 e. The lowest BCUT2D eigenvalue weighted by molar-refractivity contribution is 0.324. The van der Waals surface area contributed by atoms with Crippen molar-refractivity contribution in [3.8, 4) is 17.2 Å². The molecule has 3 rings (SSSR count). The Morgan fingerprint density at radius 2 is 1.74 bits per heavy atom. The molecular formula is C17H22N2O3S. The zero-order chi connectivity index (χ0) is 16.2. The van der Waals surface area contributed by atoms with Crippen LogP contribution in [0.15, 0.2) is 12.1 Å². The molecule has 0 saturated carbocycles. The smallest absolute Gasteiger partial charge is 0.203 e. The predicted octanol–water partition coefficient (Wildman–Crippen LogP) is 3.66. The first-order chi connectivity index (χ1) is 11.2. The monoisotopic (exact) mass is 334 g/mol. The van der Waals surface area contributed by atoms with Gasteiger partial charge in [-0.05, 0) is 43.4 Å². The van der Waals surface area contributed by atoms with Crippen LogP contribution in [0.3, 0.4) is 0 Å². The quantitative estimate of drug-likeness (QED) is 0.874. The molecule has 0 amide bonds. The maximum absolute atomic E-state index is 5.39. The van der Waals surface area contributed by atoms with Crippen LogP contribution in [0.4, 0.5) is 5.13 Å². The summed E-state index contributed by atoms with van der Waals surface area (Å²) in [7, 11) is 4.87. The molecule has 0 atom stereocenters. The van der Waals surface area contributed by atoms with Gasteiger partial charge in [0.15, 0.2) is 16.6 Å². The number of hydrogen-bond acceptors (Lipinski definition) is 6. The first kappa shape index (κ1) is 15.9. The van der Waals surface area contributed by atoms with E-state index in [1.54, 1.807) is 32.7 Å². The highest BCUT2D eigenvalue weighted by molar-refractivity contribution is 7.15. The van der Waals surface area contributed by atoms with Crippen molar-refractivity contribution in [2.24, 2.45) is 0 Å². The fourth-order valence-corrected chi connectivity index (χ4v) is 3.89. The van der Waals surface area contributed by atoms with E-state index in [0.717, 1.165) is 17.1 Å². The maximum atomic E-state index is 5.39. The first-order valence-electron chi connectivity index (χ1n) is 7.76. The number of hydrogen-bond donors (Lipinski definition) is 1. The summed E-state index contributed by atoms with van der Waals surface area (Å²) in [6.45, 7) is 0.670. The minimum absolute atomic E-state index is 0.614. The van der Waals surface area contributed by atoms with E-state index in [1.807, 2.05) is 12.1 Å². The molecule has 1 aromatic heterocycles. The highest BCUT2D eigenvalue weighted by Crippen LogP contribution is 2.38. The van der Waals surface area contributed by atoms with Crippen LogP contribution in [0.1, 0.15) is 29.0 Å². The van der Waals surface area contributed by atoms with Gasteiger partial charge < -0.3 is 19.5 Å². The van der Waals surface area contributed by atoms with Crippen molar-refractivity contribution < 1.29 is 14.2 Å². The maximum Gasteiger partial charge on any atom is 0.203 e. The molecule has 6 heteroatoms. The summed E-state index contributed by atoms with van der Waals surface area (Å²) in [5.74, 6) is 1.95. The Balaban J connectivity index is 1.76. The first-order valence-corrected chi connectivity index (χ1v) is 8.58. The molecule has 5 nitrogen and oxygen atoms in total. The van der Waals surface area contributed by atoms with Gasteiger partial charge in [0, 0.05) is 11.4 Å². The van der Waals surface area contributed by atoms with Gasteiger partial charge in [-0.3, -0.25) is 0 Å². The Morgan fingerprint density at radius 3 is 2.35 bits per heavy atom. The summed E-state index contributed by atoms with van der Waals surface area (Å²) in [4.78, 5) is 6.14. The predicted molar refractivity (Wildman–Crippen MR) is 92.2 cm³/mol. The standard InChI is InChI=1S/C17H22N2O3S/c1-20-13-8-11(9-14(21-2)16(13)22-3)10-18-17-19-12-6-4-5-7-15(12)23-17/h8-9H,4-7,10H2,1-3H3,(H,18,19). The van der Waals surface area contributed by atoms with Gasteiger partial charge in [-0.2, -0.15) is 0 Å². The molecular weight excluding hydrogens is 312 g/mol. The number of methoxy groups -OCH3 is 3. The van der Waals surface area contributed by atoms with Crippen molar-refractivity contribution in [2.45, 2.75) is 32.2 Å². The second kappa shape index (κ2) is 7.08. The normalized spacial score (nSPS) is 13.3. The molecule has 124 valence electrons. The van der Waals surface area contributed by atoms with Crippen molar-refractivity contribution in [3.05, 3.63) is 28.3 Å². The molecule has 0 fully saturated rings. The van der Waals surface area contributed by atoms with Gasteiger partial charge >= 0.3 is 0 Å². The van der Waals surface area contributed by atoms with Crippen LogP contribution in [0.2, 0.25) is 0 Å². The number of aromatic nitrogens is 1. The number of aryl methyl sites for hydroxylation is 2. The number of ether oxygens (including phenoxy) is 3. The molecule has 0 unspecified atom stereocenters. The fourth-order valence-electron chi connectivity index (χ4n) is 2.84. The number of rotatable bonds is 6. The second-order valence-electron chi connectivity index (χ2n) is 5.48. The summed E-state index contributed by atoms with van der Waals surface area (Å²) in [5, 5.41) is 4.41. The van der Waals surface area contributed by atoms with Crippen LogP contribution < -0.4 is 19.5 Å². The van der Waals surface area contributed by atoms with Crippen LogP contribution in [-0.2, 0) is 19.4 Å². The van der Waals surface area contributed by atoms with Crippen LogP contribution in [0.25, 0.3) is 0 Å². The Kier molecular flexibility index (Phi) is 4.91.